The molecule has 0 unspecified atom stereocenters. The number of phenols is 1. The van der Waals surface area contributed by atoms with E-state index in [1.807, 2.05) is 19.1 Å². The zero-order valence-corrected chi connectivity index (χ0v) is 13.8. The number of hydrogen-bond donors (Lipinski definition) is 3. The normalized spacial score (nSPS) is 10.5. The first-order valence-electron chi connectivity index (χ1n) is 6.66. The van der Waals surface area contributed by atoms with Crippen molar-refractivity contribution in [2.45, 2.75) is 6.92 Å². The molecule has 0 aliphatic rings. The molecule has 0 aromatic heterocycles. The van der Waals surface area contributed by atoms with Crippen LogP contribution in [0.5, 0.6) is 5.75 Å². The average Bonchev–Trinajstić information content (AvgIpc) is 2.52. The van der Waals surface area contributed by atoms with Crippen molar-refractivity contribution in [1.82, 2.24) is 5.43 Å². The highest BCUT2D eigenvalue weighted by Gasteiger charge is 2.13. The number of anilines is 1. The average molecular weight is 376 g/mol. The summed E-state index contributed by atoms with van der Waals surface area (Å²) in [5.41, 5.74) is 3.91. The Kier molecular flexibility index (Phi) is 5.48. The molecule has 0 heterocycles. The van der Waals surface area contributed by atoms with Crippen LogP contribution >= 0.6 is 15.9 Å². The minimum absolute atomic E-state index is 0.00978. The van der Waals surface area contributed by atoms with Gasteiger partial charge in [0, 0.05) is 15.7 Å². The Morgan fingerprint density at radius 3 is 2.65 bits per heavy atom. The molecule has 23 heavy (non-hydrogen) atoms. The minimum Gasteiger partial charge on any atom is -0.507 e. The van der Waals surface area contributed by atoms with Crippen LogP contribution in [-0.4, -0.2) is 23.1 Å². The van der Waals surface area contributed by atoms with Crippen molar-refractivity contribution in [2.75, 3.05) is 5.32 Å². The third kappa shape index (κ3) is 4.65. The number of halogens is 1. The number of carbonyl (C=O) groups excluding carboxylic acids is 2. The predicted molar refractivity (Wildman–Crippen MR) is 91.4 cm³/mol. The quantitative estimate of drug-likeness (QED) is 0.437. The van der Waals surface area contributed by atoms with Crippen molar-refractivity contribution in [1.29, 1.82) is 0 Å². The van der Waals surface area contributed by atoms with E-state index < -0.39 is 11.8 Å². The number of para-hydroxylation sites is 1. The van der Waals surface area contributed by atoms with E-state index in [-0.39, 0.29) is 5.75 Å². The van der Waals surface area contributed by atoms with Gasteiger partial charge in [-0.3, -0.25) is 9.59 Å². The maximum atomic E-state index is 11.8. The monoisotopic (exact) mass is 375 g/mol. The van der Waals surface area contributed by atoms with Gasteiger partial charge in [0.1, 0.15) is 5.75 Å². The van der Waals surface area contributed by atoms with Crippen molar-refractivity contribution in [3.63, 3.8) is 0 Å². The van der Waals surface area contributed by atoms with Gasteiger partial charge in [-0.05, 0) is 36.8 Å². The highest BCUT2D eigenvalue weighted by Crippen LogP contribution is 2.19. The molecule has 0 aliphatic carbocycles. The first-order valence-corrected chi connectivity index (χ1v) is 7.45. The molecule has 0 fully saturated rings. The Morgan fingerprint density at radius 1 is 1.17 bits per heavy atom. The zero-order chi connectivity index (χ0) is 16.8. The van der Waals surface area contributed by atoms with E-state index in [1.54, 1.807) is 24.3 Å². The maximum absolute atomic E-state index is 11.8. The second-order valence-corrected chi connectivity index (χ2v) is 5.59. The minimum atomic E-state index is -0.904. The molecular weight excluding hydrogens is 362 g/mol. The van der Waals surface area contributed by atoms with Gasteiger partial charge in [-0.15, -0.1) is 0 Å². The number of hydrogen-bond acceptors (Lipinski definition) is 4. The standard InChI is InChI=1S/C16H14BrN3O3/c1-10-4-2-3-5-13(10)19-15(22)16(23)20-18-9-11-8-12(17)6-7-14(11)21/h2-9,21H,1H3,(H,19,22)(H,20,23). The van der Waals surface area contributed by atoms with Gasteiger partial charge in [0.05, 0.1) is 6.21 Å². The fourth-order valence-electron chi connectivity index (χ4n) is 1.73. The van der Waals surface area contributed by atoms with Crippen LogP contribution in [0.15, 0.2) is 52.0 Å². The van der Waals surface area contributed by atoms with Crippen LogP contribution in [0.4, 0.5) is 5.69 Å². The molecule has 2 aromatic rings. The largest absolute Gasteiger partial charge is 0.507 e. The Hall–Kier alpha value is -2.67. The number of phenolic OH excluding ortho intramolecular Hbond substituents is 1. The van der Waals surface area contributed by atoms with E-state index in [2.05, 4.69) is 31.8 Å². The first-order chi connectivity index (χ1) is 11.0. The predicted octanol–water partition coefficient (Wildman–Crippen LogP) is 2.55. The molecule has 3 N–H and O–H groups in total. The number of hydrazone groups is 1. The zero-order valence-electron chi connectivity index (χ0n) is 12.2. The van der Waals surface area contributed by atoms with Gasteiger partial charge in [-0.25, -0.2) is 5.43 Å². The van der Waals surface area contributed by atoms with Crippen LogP contribution in [0, 0.1) is 6.92 Å². The molecule has 2 rings (SSSR count). The number of benzene rings is 2. The van der Waals surface area contributed by atoms with Gasteiger partial charge in [-0.1, -0.05) is 34.1 Å². The Bertz CT molecular complexity index is 775. The van der Waals surface area contributed by atoms with E-state index in [9.17, 15) is 14.7 Å². The number of aryl methyl sites for hydroxylation is 1. The molecule has 0 radical (unpaired) electrons. The van der Waals surface area contributed by atoms with Gasteiger partial charge in [0.25, 0.3) is 0 Å². The van der Waals surface area contributed by atoms with Crippen LogP contribution in [0.1, 0.15) is 11.1 Å². The lowest BCUT2D eigenvalue weighted by atomic mass is 10.2. The molecule has 118 valence electrons. The smallest absolute Gasteiger partial charge is 0.329 e. The van der Waals surface area contributed by atoms with E-state index in [1.165, 1.54) is 12.3 Å². The lowest BCUT2D eigenvalue weighted by Gasteiger charge is -2.06. The van der Waals surface area contributed by atoms with Gasteiger partial charge in [0.2, 0.25) is 0 Å². The first kappa shape index (κ1) is 16.7. The summed E-state index contributed by atoms with van der Waals surface area (Å²) in [6, 6.07) is 11.9. The van der Waals surface area contributed by atoms with Crippen molar-refractivity contribution < 1.29 is 14.7 Å². The molecule has 2 amide bonds. The summed E-state index contributed by atoms with van der Waals surface area (Å²) in [4.78, 5) is 23.5. The van der Waals surface area contributed by atoms with E-state index in [0.29, 0.717) is 11.3 Å². The molecule has 0 spiro atoms. The van der Waals surface area contributed by atoms with Gasteiger partial charge >= 0.3 is 11.8 Å². The SMILES string of the molecule is Cc1ccccc1NC(=O)C(=O)NN=Cc1cc(Br)ccc1O. The summed E-state index contributed by atoms with van der Waals surface area (Å²) in [6.07, 6.45) is 1.25. The number of nitrogens with zero attached hydrogens (tertiary/aromatic N) is 1. The van der Waals surface area contributed by atoms with E-state index in [0.717, 1.165) is 10.0 Å². The number of nitrogens with one attached hydrogen (secondary N) is 2. The third-order valence-electron chi connectivity index (χ3n) is 2.96. The van der Waals surface area contributed by atoms with Crippen LogP contribution < -0.4 is 10.7 Å². The summed E-state index contributed by atoms with van der Waals surface area (Å²) in [6.45, 7) is 1.82. The highest BCUT2D eigenvalue weighted by molar-refractivity contribution is 9.10. The third-order valence-corrected chi connectivity index (χ3v) is 3.45. The lowest BCUT2D eigenvalue weighted by Crippen LogP contribution is -2.32. The van der Waals surface area contributed by atoms with Crippen LogP contribution in [0.2, 0.25) is 0 Å². The van der Waals surface area contributed by atoms with Crippen LogP contribution in [0.3, 0.4) is 0 Å². The van der Waals surface area contributed by atoms with Crippen molar-refractivity contribution >= 4 is 39.6 Å². The van der Waals surface area contributed by atoms with E-state index >= 15 is 0 Å². The van der Waals surface area contributed by atoms with Crippen LogP contribution in [-0.2, 0) is 9.59 Å². The molecule has 0 bridgehead atoms. The van der Waals surface area contributed by atoms with Gasteiger partial charge < -0.3 is 10.4 Å². The Labute approximate surface area is 141 Å². The summed E-state index contributed by atoms with van der Waals surface area (Å²) < 4.78 is 0.750. The number of amides is 2. The fraction of sp³-hybridized carbons (Fsp3) is 0.0625. The number of carbonyl (C=O) groups is 2. The summed E-state index contributed by atoms with van der Waals surface area (Å²) in [5.74, 6) is -1.72. The van der Waals surface area contributed by atoms with E-state index in [4.69, 9.17) is 0 Å². The van der Waals surface area contributed by atoms with Crippen molar-refractivity contribution in [2.24, 2.45) is 5.10 Å². The molecule has 0 aliphatic heterocycles. The van der Waals surface area contributed by atoms with Gasteiger partial charge in [-0.2, -0.15) is 5.10 Å². The molecular formula is C16H14BrN3O3. The topological polar surface area (TPSA) is 90.8 Å². The summed E-state index contributed by atoms with van der Waals surface area (Å²) >= 11 is 3.26. The maximum Gasteiger partial charge on any atom is 0.329 e. The second kappa shape index (κ2) is 7.55. The fourth-order valence-corrected chi connectivity index (χ4v) is 2.11. The lowest BCUT2D eigenvalue weighted by molar-refractivity contribution is -0.136. The summed E-state index contributed by atoms with van der Waals surface area (Å²) in [7, 11) is 0. The summed E-state index contributed by atoms with van der Waals surface area (Å²) in [5, 5.41) is 15.8. The molecule has 0 atom stereocenters. The van der Waals surface area contributed by atoms with Gasteiger partial charge in [0.15, 0.2) is 0 Å². The molecule has 0 saturated heterocycles. The second-order valence-electron chi connectivity index (χ2n) is 4.67. The molecule has 7 heteroatoms. The molecule has 6 nitrogen and oxygen atoms in total. The highest BCUT2D eigenvalue weighted by atomic mass is 79.9. The number of rotatable bonds is 3. The molecule has 2 aromatic carbocycles. The van der Waals surface area contributed by atoms with Crippen molar-refractivity contribution in [3.8, 4) is 5.75 Å². The molecule has 0 saturated carbocycles. The number of aromatic hydroxyl groups is 1. The Morgan fingerprint density at radius 2 is 1.91 bits per heavy atom. The van der Waals surface area contributed by atoms with Crippen molar-refractivity contribution in [3.05, 3.63) is 58.1 Å². The van der Waals surface area contributed by atoms with Crippen LogP contribution in [0.25, 0.3) is 0 Å². The Balaban J connectivity index is 1.96.